The maximum Gasteiger partial charge on any atom is 0.234 e. The standard InChI is InChI=1S/C20H28N6O2S/c1-14-9-11-26(12-10-14)16-5-3-15(4-6-16)22-19(28)13-29-20-24-23-18(25(20)2)8-7-17(21)27/h3-6,14H,7-13H2,1-2H3,(H2,21,27)(H,22,28). The number of hydrogen-bond acceptors (Lipinski definition) is 6. The Morgan fingerprint density at radius 3 is 2.55 bits per heavy atom. The topological polar surface area (TPSA) is 106 Å². The van der Waals surface area contributed by atoms with Gasteiger partial charge in [-0.25, -0.2) is 0 Å². The van der Waals surface area contributed by atoms with Crippen molar-refractivity contribution in [2.45, 2.75) is 37.8 Å². The Morgan fingerprint density at radius 1 is 1.21 bits per heavy atom. The maximum absolute atomic E-state index is 12.3. The molecule has 0 radical (unpaired) electrons. The Bertz CT molecular complexity index is 843. The number of primary amides is 1. The van der Waals surface area contributed by atoms with Gasteiger partial charge in [-0.15, -0.1) is 10.2 Å². The SMILES string of the molecule is CC1CCN(c2ccc(NC(=O)CSc3nnc(CCC(N)=O)n3C)cc2)CC1. The fourth-order valence-corrected chi connectivity index (χ4v) is 4.00. The molecule has 1 aliphatic heterocycles. The van der Waals surface area contributed by atoms with Crippen molar-refractivity contribution < 1.29 is 9.59 Å². The van der Waals surface area contributed by atoms with Crippen LogP contribution in [0.15, 0.2) is 29.4 Å². The van der Waals surface area contributed by atoms with Crippen LogP contribution >= 0.6 is 11.8 Å². The van der Waals surface area contributed by atoms with Gasteiger partial charge in [0.1, 0.15) is 5.82 Å². The largest absolute Gasteiger partial charge is 0.372 e. The molecule has 2 amide bonds. The molecular formula is C20H28N6O2S. The van der Waals surface area contributed by atoms with Gasteiger partial charge < -0.3 is 20.5 Å². The van der Waals surface area contributed by atoms with E-state index < -0.39 is 0 Å². The number of hydrogen-bond donors (Lipinski definition) is 2. The average Bonchev–Trinajstić information content (AvgIpc) is 3.05. The quantitative estimate of drug-likeness (QED) is 0.639. The summed E-state index contributed by atoms with van der Waals surface area (Å²) in [6.45, 7) is 4.47. The summed E-state index contributed by atoms with van der Waals surface area (Å²) in [5, 5.41) is 11.7. The summed E-state index contributed by atoms with van der Waals surface area (Å²) in [6, 6.07) is 8.01. The van der Waals surface area contributed by atoms with Gasteiger partial charge >= 0.3 is 0 Å². The van der Waals surface area contributed by atoms with Gasteiger partial charge in [-0.1, -0.05) is 18.7 Å². The summed E-state index contributed by atoms with van der Waals surface area (Å²) in [6.07, 6.45) is 3.11. The molecule has 0 aliphatic carbocycles. The van der Waals surface area contributed by atoms with Gasteiger partial charge in [-0.3, -0.25) is 9.59 Å². The molecule has 29 heavy (non-hydrogen) atoms. The molecule has 8 nitrogen and oxygen atoms in total. The van der Waals surface area contributed by atoms with Gasteiger partial charge in [0.05, 0.1) is 5.75 Å². The smallest absolute Gasteiger partial charge is 0.234 e. The van der Waals surface area contributed by atoms with Crippen LogP contribution in [-0.2, 0) is 23.1 Å². The van der Waals surface area contributed by atoms with Crippen LogP contribution in [0.25, 0.3) is 0 Å². The molecule has 0 saturated carbocycles. The molecule has 156 valence electrons. The van der Waals surface area contributed by atoms with Crippen LogP contribution in [0.3, 0.4) is 0 Å². The highest BCUT2D eigenvalue weighted by Gasteiger charge is 2.16. The molecule has 0 unspecified atom stereocenters. The zero-order chi connectivity index (χ0) is 20.8. The van der Waals surface area contributed by atoms with E-state index in [1.165, 1.54) is 30.3 Å². The Labute approximate surface area is 175 Å². The molecule has 1 aliphatic rings. The number of carbonyl (C=O) groups is 2. The number of nitrogens with zero attached hydrogens (tertiary/aromatic N) is 4. The Kier molecular flexibility index (Phi) is 7.13. The average molecular weight is 417 g/mol. The van der Waals surface area contributed by atoms with E-state index in [0.29, 0.717) is 17.4 Å². The minimum atomic E-state index is -0.373. The fourth-order valence-electron chi connectivity index (χ4n) is 3.27. The summed E-state index contributed by atoms with van der Waals surface area (Å²) >= 11 is 1.31. The van der Waals surface area contributed by atoms with E-state index in [4.69, 9.17) is 5.73 Å². The number of aryl methyl sites for hydroxylation is 1. The van der Waals surface area contributed by atoms with E-state index in [1.54, 1.807) is 4.57 Å². The van der Waals surface area contributed by atoms with E-state index in [9.17, 15) is 9.59 Å². The fraction of sp³-hybridized carbons (Fsp3) is 0.500. The Hall–Kier alpha value is -2.55. The third kappa shape index (κ3) is 5.96. The monoisotopic (exact) mass is 416 g/mol. The maximum atomic E-state index is 12.3. The highest BCUT2D eigenvalue weighted by Crippen LogP contribution is 2.24. The Balaban J connectivity index is 1.48. The number of carbonyl (C=O) groups excluding carboxylic acids is 2. The predicted molar refractivity (Wildman–Crippen MR) is 115 cm³/mol. The molecule has 2 heterocycles. The second kappa shape index (κ2) is 9.78. The number of piperidine rings is 1. The number of benzene rings is 1. The molecule has 1 saturated heterocycles. The summed E-state index contributed by atoms with van der Waals surface area (Å²) < 4.78 is 1.79. The number of nitrogens with one attached hydrogen (secondary N) is 1. The van der Waals surface area contributed by atoms with E-state index in [1.807, 2.05) is 19.2 Å². The molecule has 3 rings (SSSR count). The molecule has 0 bridgehead atoms. The van der Waals surface area contributed by atoms with Crippen molar-refractivity contribution in [3.05, 3.63) is 30.1 Å². The van der Waals surface area contributed by atoms with Crippen molar-refractivity contribution in [1.82, 2.24) is 14.8 Å². The lowest BCUT2D eigenvalue weighted by Crippen LogP contribution is -2.32. The van der Waals surface area contributed by atoms with Gasteiger partial charge in [-0.2, -0.15) is 0 Å². The van der Waals surface area contributed by atoms with Crippen LogP contribution in [-0.4, -0.2) is 45.4 Å². The minimum absolute atomic E-state index is 0.101. The summed E-state index contributed by atoms with van der Waals surface area (Å²) in [5.41, 5.74) is 7.15. The molecule has 1 aromatic carbocycles. The van der Waals surface area contributed by atoms with Crippen molar-refractivity contribution in [3.8, 4) is 0 Å². The number of aromatic nitrogens is 3. The molecule has 2 aromatic rings. The first-order valence-corrected chi connectivity index (χ1v) is 10.8. The minimum Gasteiger partial charge on any atom is -0.372 e. The highest BCUT2D eigenvalue weighted by atomic mass is 32.2. The zero-order valence-corrected chi connectivity index (χ0v) is 17.7. The predicted octanol–water partition coefficient (Wildman–Crippen LogP) is 2.20. The number of amides is 2. The lowest BCUT2D eigenvalue weighted by Gasteiger charge is -2.32. The third-order valence-electron chi connectivity index (χ3n) is 5.15. The first-order valence-electron chi connectivity index (χ1n) is 9.86. The van der Waals surface area contributed by atoms with Gasteiger partial charge in [0.15, 0.2) is 5.16 Å². The molecule has 1 fully saturated rings. The Morgan fingerprint density at radius 2 is 1.90 bits per heavy atom. The summed E-state index contributed by atoms with van der Waals surface area (Å²) in [5.74, 6) is 1.23. The molecular weight excluding hydrogens is 388 g/mol. The van der Waals surface area contributed by atoms with E-state index in [-0.39, 0.29) is 24.0 Å². The number of nitrogens with two attached hydrogens (primary N) is 1. The van der Waals surface area contributed by atoms with Gasteiger partial charge in [-0.05, 0) is 43.0 Å². The van der Waals surface area contributed by atoms with Crippen molar-refractivity contribution in [2.24, 2.45) is 18.7 Å². The van der Waals surface area contributed by atoms with Crippen LogP contribution in [0.2, 0.25) is 0 Å². The summed E-state index contributed by atoms with van der Waals surface area (Å²) in [4.78, 5) is 25.6. The third-order valence-corrected chi connectivity index (χ3v) is 6.17. The number of rotatable bonds is 8. The van der Waals surface area contributed by atoms with Crippen molar-refractivity contribution >= 4 is 35.0 Å². The van der Waals surface area contributed by atoms with Gasteiger partial charge in [0.2, 0.25) is 11.8 Å². The van der Waals surface area contributed by atoms with Crippen molar-refractivity contribution in [3.63, 3.8) is 0 Å². The van der Waals surface area contributed by atoms with Crippen LogP contribution in [0.5, 0.6) is 0 Å². The first-order chi connectivity index (χ1) is 13.9. The van der Waals surface area contributed by atoms with Gasteiger partial charge in [0, 0.05) is 44.4 Å². The molecule has 3 N–H and O–H groups in total. The normalized spacial score (nSPS) is 14.8. The highest BCUT2D eigenvalue weighted by molar-refractivity contribution is 7.99. The van der Waals surface area contributed by atoms with Crippen LogP contribution in [0, 0.1) is 5.92 Å². The van der Waals surface area contributed by atoms with Gasteiger partial charge in [0.25, 0.3) is 0 Å². The van der Waals surface area contributed by atoms with E-state index in [2.05, 4.69) is 39.5 Å². The second-order valence-electron chi connectivity index (χ2n) is 7.48. The molecule has 0 spiro atoms. The van der Waals surface area contributed by atoms with E-state index >= 15 is 0 Å². The molecule has 0 atom stereocenters. The molecule has 1 aromatic heterocycles. The van der Waals surface area contributed by atoms with Crippen LogP contribution in [0.4, 0.5) is 11.4 Å². The number of anilines is 2. The lowest BCUT2D eigenvalue weighted by atomic mass is 9.99. The van der Waals surface area contributed by atoms with Crippen LogP contribution in [0.1, 0.15) is 32.0 Å². The number of thioether (sulfide) groups is 1. The second-order valence-corrected chi connectivity index (χ2v) is 8.42. The van der Waals surface area contributed by atoms with Crippen LogP contribution < -0.4 is 16.0 Å². The molecule has 9 heteroatoms. The zero-order valence-electron chi connectivity index (χ0n) is 16.9. The first kappa shape index (κ1) is 21.2. The van der Waals surface area contributed by atoms with Crippen molar-refractivity contribution in [2.75, 3.05) is 29.1 Å². The van der Waals surface area contributed by atoms with E-state index in [0.717, 1.165) is 24.7 Å². The van der Waals surface area contributed by atoms with Crippen molar-refractivity contribution in [1.29, 1.82) is 0 Å². The lowest BCUT2D eigenvalue weighted by molar-refractivity contribution is -0.118. The summed E-state index contributed by atoms with van der Waals surface area (Å²) in [7, 11) is 1.82.